The number of carbonyl (C=O) groups excluding carboxylic acids is 1. The Hall–Kier alpha value is -1.32. The molecule has 0 radical (unpaired) electrons. The van der Waals surface area contributed by atoms with Gasteiger partial charge >= 0.3 is 0 Å². The molecule has 1 atom stereocenters. The Morgan fingerprint density at radius 1 is 1.25 bits per heavy atom. The van der Waals surface area contributed by atoms with Gasteiger partial charge in [-0.05, 0) is 49.2 Å². The predicted octanol–water partition coefficient (Wildman–Crippen LogP) is 4.90. The lowest BCUT2D eigenvalue weighted by atomic mass is 10.1. The monoisotopic (exact) mass is 351 g/mol. The second kappa shape index (κ2) is 6.42. The summed E-state index contributed by atoms with van der Waals surface area (Å²) in [7, 11) is 0. The van der Waals surface area contributed by atoms with Crippen LogP contribution in [0.15, 0.2) is 46.9 Å². The van der Waals surface area contributed by atoms with Gasteiger partial charge in [0.1, 0.15) is 0 Å². The normalized spacial score (nSPS) is 12.0. The molecular weight excluding hydrogens is 338 g/mol. The second-order valence-corrected chi connectivity index (χ2v) is 5.99. The molecule has 1 amide bonds. The largest absolute Gasteiger partial charge is 0.346 e. The standard InChI is InChI=1S/C16H15BrClNO/c1-10-14(7-4-8-15(10)18)16(20)19-11(2)12-5-3-6-13(17)9-12/h3-9,11H,1-2H3,(H,19,20). The van der Waals surface area contributed by atoms with Gasteiger partial charge in [-0.1, -0.05) is 45.7 Å². The Bertz CT molecular complexity index is 642. The van der Waals surface area contributed by atoms with Crippen LogP contribution in [0.1, 0.15) is 34.5 Å². The lowest BCUT2D eigenvalue weighted by Crippen LogP contribution is -2.27. The summed E-state index contributed by atoms with van der Waals surface area (Å²) in [6, 6.07) is 13.2. The molecule has 0 aromatic heterocycles. The first-order valence-electron chi connectivity index (χ1n) is 6.30. The Labute approximate surface area is 132 Å². The molecule has 0 fully saturated rings. The first-order chi connectivity index (χ1) is 9.49. The van der Waals surface area contributed by atoms with Gasteiger partial charge in [0.25, 0.3) is 5.91 Å². The fourth-order valence-corrected chi connectivity index (χ4v) is 2.58. The minimum Gasteiger partial charge on any atom is -0.346 e. The third-order valence-electron chi connectivity index (χ3n) is 3.21. The zero-order chi connectivity index (χ0) is 14.7. The van der Waals surface area contributed by atoms with E-state index in [1.165, 1.54) is 0 Å². The van der Waals surface area contributed by atoms with Gasteiger partial charge in [0.05, 0.1) is 6.04 Å². The van der Waals surface area contributed by atoms with Crippen molar-refractivity contribution in [1.29, 1.82) is 0 Å². The van der Waals surface area contributed by atoms with Crippen LogP contribution in [0.4, 0.5) is 0 Å². The lowest BCUT2D eigenvalue weighted by Gasteiger charge is -2.16. The molecule has 2 rings (SSSR count). The number of amides is 1. The van der Waals surface area contributed by atoms with Gasteiger partial charge in [0.15, 0.2) is 0 Å². The molecule has 0 saturated carbocycles. The summed E-state index contributed by atoms with van der Waals surface area (Å²) in [5.74, 6) is -0.113. The first-order valence-corrected chi connectivity index (χ1v) is 7.47. The van der Waals surface area contributed by atoms with Crippen molar-refractivity contribution in [2.75, 3.05) is 0 Å². The van der Waals surface area contributed by atoms with E-state index in [-0.39, 0.29) is 11.9 Å². The van der Waals surface area contributed by atoms with E-state index >= 15 is 0 Å². The van der Waals surface area contributed by atoms with Crippen molar-refractivity contribution in [3.05, 3.63) is 68.7 Å². The Morgan fingerprint density at radius 3 is 2.65 bits per heavy atom. The van der Waals surface area contributed by atoms with Crippen molar-refractivity contribution in [3.8, 4) is 0 Å². The molecule has 0 saturated heterocycles. The molecule has 2 aromatic rings. The number of rotatable bonds is 3. The predicted molar refractivity (Wildman–Crippen MR) is 86.2 cm³/mol. The summed E-state index contributed by atoms with van der Waals surface area (Å²) >= 11 is 9.48. The molecule has 0 bridgehead atoms. The molecule has 104 valence electrons. The summed E-state index contributed by atoms with van der Waals surface area (Å²) in [4.78, 5) is 12.3. The van der Waals surface area contributed by atoms with Crippen molar-refractivity contribution in [2.24, 2.45) is 0 Å². The van der Waals surface area contributed by atoms with Gasteiger partial charge in [-0.25, -0.2) is 0 Å². The third-order valence-corrected chi connectivity index (χ3v) is 4.11. The number of halogens is 2. The van der Waals surface area contributed by atoms with E-state index in [2.05, 4.69) is 21.2 Å². The summed E-state index contributed by atoms with van der Waals surface area (Å²) in [5, 5.41) is 3.59. The molecule has 2 nitrogen and oxygen atoms in total. The SMILES string of the molecule is Cc1c(Cl)cccc1C(=O)NC(C)c1cccc(Br)c1. The van der Waals surface area contributed by atoms with Crippen molar-refractivity contribution in [2.45, 2.75) is 19.9 Å². The van der Waals surface area contributed by atoms with Crippen LogP contribution >= 0.6 is 27.5 Å². The summed E-state index contributed by atoms with van der Waals surface area (Å²) in [5.41, 5.74) is 2.46. The molecule has 2 aromatic carbocycles. The van der Waals surface area contributed by atoms with E-state index in [4.69, 9.17) is 11.6 Å². The minimum absolute atomic E-state index is 0.0709. The van der Waals surface area contributed by atoms with Crippen LogP contribution in [0.3, 0.4) is 0 Å². The Balaban J connectivity index is 2.17. The van der Waals surface area contributed by atoms with Crippen LogP contribution < -0.4 is 5.32 Å². The van der Waals surface area contributed by atoms with Crippen LogP contribution in [-0.4, -0.2) is 5.91 Å². The van der Waals surface area contributed by atoms with E-state index in [1.807, 2.05) is 38.1 Å². The maximum atomic E-state index is 12.3. The van der Waals surface area contributed by atoms with Crippen LogP contribution in [0.25, 0.3) is 0 Å². The zero-order valence-corrected chi connectivity index (χ0v) is 13.6. The average Bonchev–Trinajstić information content (AvgIpc) is 2.41. The topological polar surface area (TPSA) is 29.1 Å². The zero-order valence-electron chi connectivity index (χ0n) is 11.3. The third kappa shape index (κ3) is 3.41. The molecule has 0 aliphatic rings. The molecule has 0 aliphatic heterocycles. The fraction of sp³-hybridized carbons (Fsp3) is 0.188. The van der Waals surface area contributed by atoms with Gasteiger partial charge in [0.2, 0.25) is 0 Å². The van der Waals surface area contributed by atoms with Gasteiger partial charge in [-0.15, -0.1) is 0 Å². The van der Waals surface area contributed by atoms with E-state index in [1.54, 1.807) is 18.2 Å². The number of carbonyl (C=O) groups is 1. The highest BCUT2D eigenvalue weighted by molar-refractivity contribution is 9.10. The highest BCUT2D eigenvalue weighted by atomic mass is 79.9. The van der Waals surface area contributed by atoms with Crippen LogP contribution in [0.5, 0.6) is 0 Å². The first kappa shape index (κ1) is 15.1. The van der Waals surface area contributed by atoms with Crippen LogP contribution in [-0.2, 0) is 0 Å². The number of hydrogen-bond donors (Lipinski definition) is 1. The number of nitrogens with one attached hydrogen (secondary N) is 1. The van der Waals surface area contributed by atoms with E-state index < -0.39 is 0 Å². The van der Waals surface area contributed by atoms with Crippen LogP contribution in [0, 0.1) is 6.92 Å². The minimum atomic E-state index is -0.113. The number of benzene rings is 2. The van der Waals surface area contributed by atoms with Gasteiger partial charge in [0, 0.05) is 15.1 Å². The summed E-state index contributed by atoms with van der Waals surface area (Å²) in [6.45, 7) is 3.81. The van der Waals surface area contributed by atoms with Crippen LogP contribution in [0.2, 0.25) is 5.02 Å². The Kier molecular flexibility index (Phi) is 4.84. The van der Waals surface area contributed by atoms with Gasteiger partial charge in [-0.2, -0.15) is 0 Å². The van der Waals surface area contributed by atoms with Crippen molar-refractivity contribution >= 4 is 33.4 Å². The number of hydrogen-bond acceptors (Lipinski definition) is 1. The van der Waals surface area contributed by atoms with E-state index in [0.29, 0.717) is 10.6 Å². The maximum absolute atomic E-state index is 12.3. The fourth-order valence-electron chi connectivity index (χ4n) is 1.99. The smallest absolute Gasteiger partial charge is 0.252 e. The lowest BCUT2D eigenvalue weighted by molar-refractivity contribution is 0.0939. The maximum Gasteiger partial charge on any atom is 0.252 e. The molecule has 1 N–H and O–H groups in total. The van der Waals surface area contributed by atoms with E-state index in [0.717, 1.165) is 15.6 Å². The molecule has 20 heavy (non-hydrogen) atoms. The summed E-state index contributed by atoms with van der Waals surface area (Å²) in [6.07, 6.45) is 0. The van der Waals surface area contributed by atoms with Gasteiger partial charge < -0.3 is 5.32 Å². The molecule has 0 aliphatic carbocycles. The highest BCUT2D eigenvalue weighted by Gasteiger charge is 2.14. The second-order valence-electron chi connectivity index (χ2n) is 4.66. The molecule has 0 spiro atoms. The molecular formula is C16H15BrClNO. The molecule has 1 unspecified atom stereocenters. The van der Waals surface area contributed by atoms with Crippen molar-refractivity contribution in [3.63, 3.8) is 0 Å². The van der Waals surface area contributed by atoms with E-state index in [9.17, 15) is 4.79 Å². The van der Waals surface area contributed by atoms with Crippen molar-refractivity contribution in [1.82, 2.24) is 5.32 Å². The molecule has 4 heteroatoms. The van der Waals surface area contributed by atoms with Crippen molar-refractivity contribution < 1.29 is 4.79 Å². The highest BCUT2D eigenvalue weighted by Crippen LogP contribution is 2.21. The quantitative estimate of drug-likeness (QED) is 0.836. The average molecular weight is 353 g/mol. The van der Waals surface area contributed by atoms with Gasteiger partial charge in [-0.3, -0.25) is 4.79 Å². The summed E-state index contributed by atoms with van der Waals surface area (Å²) < 4.78 is 0.995. The molecule has 0 heterocycles. The Morgan fingerprint density at radius 2 is 1.95 bits per heavy atom.